The van der Waals surface area contributed by atoms with Gasteiger partial charge in [-0.15, -0.1) is 12.6 Å². The minimum atomic E-state index is -1.46. The third kappa shape index (κ3) is 2.87. The van der Waals surface area contributed by atoms with Crippen molar-refractivity contribution in [3.8, 4) is 0 Å². The zero-order valence-corrected chi connectivity index (χ0v) is 19.7. The molecule has 5 rings (SSSR count). The third-order valence-electron chi connectivity index (χ3n) is 8.77. The molecule has 4 aliphatic carbocycles. The lowest BCUT2D eigenvalue weighted by molar-refractivity contribution is -0.151. The smallest absolute Gasteiger partial charge is 0.375 e. The number of halogens is 1. The van der Waals surface area contributed by atoms with Crippen LogP contribution in [0.3, 0.4) is 0 Å². The Balaban J connectivity index is 1.59. The number of rotatable bonds is 3. The Morgan fingerprint density at radius 1 is 1.24 bits per heavy atom. The summed E-state index contributed by atoms with van der Waals surface area (Å²) in [6.07, 6.45) is 8.27. The zero-order chi connectivity index (χ0) is 23.8. The van der Waals surface area contributed by atoms with E-state index in [1.54, 1.807) is 6.07 Å². The van der Waals surface area contributed by atoms with Gasteiger partial charge in [-0.3, -0.25) is 9.59 Å². The summed E-state index contributed by atoms with van der Waals surface area (Å²) in [5.41, 5.74) is -1.29. The molecule has 33 heavy (non-hydrogen) atoms. The van der Waals surface area contributed by atoms with Gasteiger partial charge in [0.25, 0.3) is 0 Å². The minimum absolute atomic E-state index is 0.0241. The monoisotopic (exact) mass is 470 g/mol. The summed E-state index contributed by atoms with van der Waals surface area (Å²) in [5, 5.41) is -0.501. The van der Waals surface area contributed by atoms with E-state index in [1.165, 1.54) is 24.5 Å². The first-order chi connectivity index (χ1) is 15.5. The molecule has 0 spiro atoms. The molecule has 7 atom stereocenters. The van der Waals surface area contributed by atoms with Crippen molar-refractivity contribution in [1.29, 1.82) is 0 Å². The zero-order valence-electron chi connectivity index (χ0n) is 18.8. The van der Waals surface area contributed by atoms with Gasteiger partial charge in [-0.2, -0.15) is 0 Å². The highest BCUT2D eigenvalue weighted by molar-refractivity contribution is 7.96. The van der Waals surface area contributed by atoms with Crippen molar-refractivity contribution in [3.63, 3.8) is 0 Å². The number of carbonyl (C=O) groups is 3. The SMILES string of the molecule is C[C@@H]1CC2C3C[C@H](F)C4=CC(=O)C=C[C@]4(C)C3=CC[C@]2(C)[C@@]1(OC(=O)c1ccco1)C(=O)S. The van der Waals surface area contributed by atoms with Gasteiger partial charge < -0.3 is 9.15 Å². The van der Waals surface area contributed by atoms with Crippen molar-refractivity contribution in [2.45, 2.75) is 51.8 Å². The van der Waals surface area contributed by atoms with Crippen LogP contribution in [0.5, 0.6) is 0 Å². The molecule has 0 aliphatic heterocycles. The Morgan fingerprint density at radius 3 is 2.67 bits per heavy atom. The fourth-order valence-electron chi connectivity index (χ4n) is 7.17. The van der Waals surface area contributed by atoms with Crippen LogP contribution in [-0.4, -0.2) is 28.6 Å². The second kappa shape index (κ2) is 7.29. The fraction of sp³-hybridized carbons (Fsp3) is 0.500. The van der Waals surface area contributed by atoms with E-state index < -0.39 is 33.7 Å². The number of fused-ring (bicyclic) bond motifs is 5. The molecule has 1 aromatic rings. The molecule has 174 valence electrons. The molecule has 2 fully saturated rings. The Labute approximate surface area is 197 Å². The van der Waals surface area contributed by atoms with Gasteiger partial charge in [0.2, 0.25) is 10.9 Å². The first-order valence-corrected chi connectivity index (χ1v) is 11.8. The number of furan rings is 1. The van der Waals surface area contributed by atoms with Gasteiger partial charge in [0.15, 0.2) is 11.4 Å². The number of esters is 1. The summed E-state index contributed by atoms with van der Waals surface area (Å²) >= 11 is 4.22. The second-order valence-corrected chi connectivity index (χ2v) is 10.7. The lowest BCUT2D eigenvalue weighted by Gasteiger charge is -2.54. The lowest BCUT2D eigenvalue weighted by Crippen LogP contribution is -2.58. The molecule has 2 unspecified atom stereocenters. The molecule has 2 saturated carbocycles. The van der Waals surface area contributed by atoms with E-state index in [9.17, 15) is 14.4 Å². The standard InChI is InChI=1S/C26H27FO5S/c1-14-11-18-16-13-20(27)19-12-15(28)6-8-24(19,2)17(16)7-9-25(18,3)26(14,23(30)33)32-22(29)21-5-4-10-31-21/h4-8,10,12,14,16,18,20H,9,11,13H2,1-3H3,(H,30,33)/t14-,16?,18?,20+,24-,25+,26+/m1/s1. The van der Waals surface area contributed by atoms with Crippen LogP contribution in [0.2, 0.25) is 0 Å². The molecule has 0 radical (unpaired) electrons. The maximum atomic E-state index is 15.5. The van der Waals surface area contributed by atoms with E-state index >= 15 is 4.39 Å². The normalized spacial score (nSPS) is 41.4. The van der Waals surface area contributed by atoms with Crippen LogP contribution in [-0.2, 0) is 14.3 Å². The minimum Gasteiger partial charge on any atom is -0.457 e. The van der Waals surface area contributed by atoms with Crippen LogP contribution in [0.1, 0.15) is 50.6 Å². The van der Waals surface area contributed by atoms with E-state index in [0.717, 1.165) is 5.57 Å². The molecule has 0 bridgehead atoms. The average molecular weight is 471 g/mol. The van der Waals surface area contributed by atoms with Gasteiger partial charge in [-0.1, -0.05) is 31.6 Å². The van der Waals surface area contributed by atoms with Crippen molar-refractivity contribution >= 4 is 29.5 Å². The molecule has 0 saturated heterocycles. The van der Waals surface area contributed by atoms with Gasteiger partial charge in [0.1, 0.15) is 6.17 Å². The summed E-state index contributed by atoms with van der Waals surface area (Å²) in [6.45, 7) is 5.81. The number of alkyl halides is 1. The van der Waals surface area contributed by atoms with Crippen LogP contribution < -0.4 is 0 Å². The number of hydrogen-bond acceptors (Lipinski definition) is 5. The topological polar surface area (TPSA) is 73.6 Å². The molecule has 0 N–H and O–H groups in total. The van der Waals surface area contributed by atoms with Crippen LogP contribution >= 0.6 is 12.6 Å². The molecular formula is C26H27FO5S. The first kappa shape index (κ1) is 22.4. The van der Waals surface area contributed by atoms with Crippen LogP contribution in [0, 0.1) is 28.6 Å². The summed E-state index contributed by atoms with van der Waals surface area (Å²) in [5.74, 6) is -1.41. The maximum Gasteiger partial charge on any atom is 0.375 e. The molecule has 7 heteroatoms. The van der Waals surface area contributed by atoms with E-state index in [-0.39, 0.29) is 35.7 Å². The van der Waals surface area contributed by atoms with Crippen molar-refractivity contribution in [2.24, 2.45) is 28.6 Å². The molecular weight excluding hydrogens is 443 g/mol. The summed E-state index contributed by atoms with van der Waals surface area (Å²) in [6, 6.07) is 3.08. The number of ether oxygens (including phenoxy) is 1. The molecule has 1 aromatic heterocycles. The van der Waals surface area contributed by atoms with Crippen LogP contribution in [0.25, 0.3) is 0 Å². The number of thiol groups is 1. The van der Waals surface area contributed by atoms with E-state index in [0.29, 0.717) is 18.4 Å². The number of ketones is 1. The summed E-state index contributed by atoms with van der Waals surface area (Å²) < 4.78 is 26.7. The number of hydrogen-bond donors (Lipinski definition) is 1. The molecule has 1 heterocycles. The number of carbonyl (C=O) groups excluding carboxylic acids is 3. The van der Waals surface area contributed by atoms with E-state index in [1.807, 2.05) is 26.8 Å². The van der Waals surface area contributed by atoms with Crippen molar-refractivity contribution in [3.05, 3.63) is 59.6 Å². The van der Waals surface area contributed by atoms with Crippen LogP contribution in [0.4, 0.5) is 4.39 Å². The van der Waals surface area contributed by atoms with Gasteiger partial charge in [0, 0.05) is 16.7 Å². The molecule has 0 aromatic carbocycles. The van der Waals surface area contributed by atoms with Crippen LogP contribution in [0.15, 0.2) is 58.3 Å². The maximum absolute atomic E-state index is 15.5. The first-order valence-electron chi connectivity index (χ1n) is 11.3. The highest BCUT2D eigenvalue weighted by Crippen LogP contribution is 2.67. The van der Waals surface area contributed by atoms with E-state index in [4.69, 9.17) is 9.15 Å². The van der Waals surface area contributed by atoms with Gasteiger partial charge in [-0.25, -0.2) is 9.18 Å². The average Bonchev–Trinajstić information content (AvgIpc) is 3.36. The predicted molar refractivity (Wildman–Crippen MR) is 122 cm³/mol. The second-order valence-electron chi connectivity index (χ2n) is 10.3. The van der Waals surface area contributed by atoms with Crippen molar-refractivity contribution in [2.75, 3.05) is 0 Å². The van der Waals surface area contributed by atoms with Gasteiger partial charge >= 0.3 is 5.97 Å². The summed E-state index contributed by atoms with van der Waals surface area (Å²) in [7, 11) is 0. The third-order valence-corrected chi connectivity index (χ3v) is 9.10. The Hall–Kier alpha value is -2.41. The van der Waals surface area contributed by atoms with Gasteiger partial charge in [0.05, 0.1) is 6.26 Å². The highest BCUT2D eigenvalue weighted by Gasteiger charge is 2.70. The summed E-state index contributed by atoms with van der Waals surface area (Å²) in [4.78, 5) is 38.0. The Kier molecular flexibility index (Phi) is 4.95. The molecule has 0 amide bonds. The lowest BCUT2D eigenvalue weighted by atomic mass is 9.51. The van der Waals surface area contributed by atoms with Gasteiger partial charge in [-0.05, 0) is 67.9 Å². The molecule has 4 aliphatic rings. The molecule has 5 nitrogen and oxygen atoms in total. The van der Waals surface area contributed by atoms with Crippen molar-refractivity contribution < 1.29 is 27.9 Å². The predicted octanol–water partition coefficient (Wildman–Crippen LogP) is 5.05. The quantitative estimate of drug-likeness (QED) is 0.380. The highest BCUT2D eigenvalue weighted by atomic mass is 32.1. The largest absolute Gasteiger partial charge is 0.457 e. The van der Waals surface area contributed by atoms with Crippen molar-refractivity contribution in [1.82, 2.24) is 0 Å². The number of allylic oxidation sites excluding steroid dienone is 6. The Morgan fingerprint density at radius 2 is 2.00 bits per heavy atom. The Bertz CT molecular complexity index is 1130. The fourth-order valence-corrected chi connectivity index (χ4v) is 7.69. The van der Waals surface area contributed by atoms with E-state index in [2.05, 4.69) is 18.7 Å².